The lowest BCUT2D eigenvalue weighted by Crippen LogP contribution is -2.17. The molecule has 0 aromatic heterocycles. The molecule has 2 N–H and O–H groups in total. The number of hydrogen-bond acceptors (Lipinski definition) is 3. The average molecular weight is 162 g/mol. The summed E-state index contributed by atoms with van der Waals surface area (Å²) in [5.74, 6) is 0. The molecule has 0 spiro atoms. The minimum absolute atomic E-state index is 0.328. The third-order valence-electron chi connectivity index (χ3n) is 1.43. The topological polar surface area (TPSA) is 49.7 Å². The van der Waals surface area contributed by atoms with E-state index in [1.54, 1.807) is 6.92 Å². The van der Waals surface area contributed by atoms with Crippen LogP contribution in [0.3, 0.4) is 0 Å². The van der Waals surface area contributed by atoms with Crippen LogP contribution in [-0.4, -0.2) is 35.6 Å². The largest absolute Gasteiger partial charge is 0.393 e. The first-order valence-corrected chi connectivity index (χ1v) is 4.10. The molecule has 0 aromatic rings. The Morgan fingerprint density at radius 1 is 1.27 bits per heavy atom. The van der Waals surface area contributed by atoms with Gasteiger partial charge >= 0.3 is 0 Å². The molecule has 0 rings (SSSR count). The van der Waals surface area contributed by atoms with Crippen LogP contribution in [0.4, 0.5) is 0 Å². The van der Waals surface area contributed by atoms with Gasteiger partial charge in [-0.25, -0.2) is 0 Å². The normalized spacial score (nSPS) is 16.4. The summed E-state index contributed by atoms with van der Waals surface area (Å²) in [5, 5.41) is 18.1. The Bertz CT molecular complexity index is 83.4. The number of hydrogen-bond donors (Lipinski definition) is 2. The van der Waals surface area contributed by atoms with Gasteiger partial charge in [0.1, 0.15) is 0 Å². The smallest absolute Gasteiger partial charge is 0.0774 e. The second-order valence-corrected chi connectivity index (χ2v) is 2.74. The van der Waals surface area contributed by atoms with Crippen LogP contribution in [0.2, 0.25) is 0 Å². The molecular formula is C8H18O3. The van der Waals surface area contributed by atoms with Gasteiger partial charge in [-0.3, -0.25) is 0 Å². The van der Waals surface area contributed by atoms with Gasteiger partial charge in [0.05, 0.1) is 18.8 Å². The molecule has 0 amide bonds. The van der Waals surface area contributed by atoms with E-state index in [0.717, 1.165) is 0 Å². The number of rotatable bonds is 6. The summed E-state index contributed by atoms with van der Waals surface area (Å²) in [4.78, 5) is 0. The first-order chi connectivity index (χ1) is 5.16. The van der Waals surface area contributed by atoms with Crippen molar-refractivity contribution in [3.05, 3.63) is 0 Å². The van der Waals surface area contributed by atoms with E-state index in [9.17, 15) is 5.11 Å². The van der Waals surface area contributed by atoms with Crippen molar-refractivity contribution < 1.29 is 14.9 Å². The lowest BCUT2D eigenvalue weighted by atomic mass is 10.1. The molecule has 0 aliphatic rings. The summed E-state index contributed by atoms with van der Waals surface area (Å²) >= 11 is 0. The Labute approximate surface area is 68.0 Å². The van der Waals surface area contributed by atoms with Gasteiger partial charge in [-0.2, -0.15) is 0 Å². The van der Waals surface area contributed by atoms with Crippen LogP contribution in [0.15, 0.2) is 0 Å². The van der Waals surface area contributed by atoms with Crippen molar-refractivity contribution in [1.82, 2.24) is 0 Å². The molecular weight excluding hydrogens is 144 g/mol. The van der Waals surface area contributed by atoms with E-state index < -0.39 is 6.10 Å². The lowest BCUT2D eigenvalue weighted by molar-refractivity contribution is 0.0300. The van der Waals surface area contributed by atoms with Gasteiger partial charge in [0.2, 0.25) is 0 Å². The van der Waals surface area contributed by atoms with E-state index in [4.69, 9.17) is 9.84 Å². The molecule has 2 unspecified atom stereocenters. The van der Waals surface area contributed by atoms with Crippen molar-refractivity contribution in [2.75, 3.05) is 13.2 Å². The molecule has 0 bridgehead atoms. The van der Waals surface area contributed by atoms with Gasteiger partial charge in [0, 0.05) is 6.61 Å². The maximum Gasteiger partial charge on any atom is 0.0774 e. The lowest BCUT2D eigenvalue weighted by Gasteiger charge is -2.10. The molecule has 2 atom stereocenters. The minimum atomic E-state index is -0.426. The van der Waals surface area contributed by atoms with Crippen molar-refractivity contribution >= 4 is 0 Å². The Morgan fingerprint density at radius 2 is 1.91 bits per heavy atom. The zero-order valence-electron chi connectivity index (χ0n) is 7.29. The van der Waals surface area contributed by atoms with E-state index in [1.165, 1.54) is 0 Å². The summed E-state index contributed by atoms with van der Waals surface area (Å²) in [7, 11) is 0. The predicted molar refractivity (Wildman–Crippen MR) is 43.4 cm³/mol. The number of aliphatic hydroxyl groups is 2. The molecule has 3 heteroatoms. The first-order valence-electron chi connectivity index (χ1n) is 4.10. The maximum atomic E-state index is 9.19. The third-order valence-corrected chi connectivity index (χ3v) is 1.43. The van der Waals surface area contributed by atoms with Crippen molar-refractivity contribution in [2.45, 2.75) is 38.9 Å². The highest BCUT2D eigenvalue weighted by atomic mass is 16.5. The van der Waals surface area contributed by atoms with E-state index in [-0.39, 0.29) is 6.10 Å². The van der Waals surface area contributed by atoms with Crippen LogP contribution < -0.4 is 0 Å². The van der Waals surface area contributed by atoms with Crippen LogP contribution in [0.1, 0.15) is 26.7 Å². The molecule has 0 heterocycles. The SMILES string of the molecule is CCOCC(O)CCC(C)O. The highest BCUT2D eigenvalue weighted by molar-refractivity contribution is 4.56. The van der Waals surface area contributed by atoms with Crippen molar-refractivity contribution in [3.63, 3.8) is 0 Å². The maximum absolute atomic E-state index is 9.19. The molecule has 0 saturated carbocycles. The second kappa shape index (κ2) is 6.58. The fourth-order valence-corrected chi connectivity index (χ4v) is 0.771. The van der Waals surface area contributed by atoms with E-state index in [0.29, 0.717) is 26.1 Å². The van der Waals surface area contributed by atoms with Crippen LogP contribution in [-0.2, 0) is 4.74 Å². The molecule has 68 valence electrons. The second-order valence-electron chi connectivity index (χ2n) is 2.74. The Kier molecular flexibility index (Phi) is 6.51. The van der Waals surface area contributed by atoms with E-state index in [2.05, 4.69) is 0 Å². The van der Waals surface area contributed by atoms with Crippen LogP contribution in [0, 0.1) is 0 Å². The zero-order chi connectivity index (χ0) is 8.69. The third kappa shape index (κ3) is 7.78. The Balaban J connectivity index is 3.15. The van der Waals surface area contributed by atoms with Crippen molar-refractivity contribution in [3.8, 4) is 0 Å². The van der Waals surface area contributed by atoms with Gasteiger partial charge in [-0.15, -0.1) is 0 Å². The standard InChI is InChI=1S/C8H18O3/c1-3-11-6-8(10)5-4-7(2)9/h7-10H,3-6H2,1-2H3. The fraction of sp³-hybridized carbons (Fsp3) is 1.00. The minimum Gasteiger partial charge on any atom is -0.393 e. The monoisotopic (exact) mass is 162 g/mol. The van der Waals surface area contributed by atoms with Gasteiger partial charge in [0.25, 0.3) is 0 Å². The summed E-state index contributed by atoms with van der Waals surface area (Å²) < 4.78 is 5.00. The van der Waals surface area contributed by atoms with E-state index >= 15 is 0 Å². The fourth-order valence-electron chi connectivity index (χ4n) is 0.771. The number of aliphatic hydroxyl groups excluding tert-OH is 2. The summed E-state index contributed by atoms with van der Waals surface area (Å²) in [6, 6.07) is 0. The molecule has 3 nitrogen and oxygen atoms in total. The molecule has 0 aliphatic carbocycles. The molecule has 0 saturated heterocycles. The summed E-state index contributed by atoms with van der Waals surface area (Å²) in [6.45, 7) is 4.61. The van der Waals surface area contributed by atoms with E-state index in [1.807, 2.05) is 6.92 Å². The van der Waals surface area contributed by atoms with Crippen molar-refractivity contribution in [2.24, 2.45) is 0 Å². The van der Waals surface area contributed by atoms with Crippen LogP contribution in [0.25, 0.3) is 0 Å². The molecule has 11 heavy (non-hydrogen) atoms. The Morgan fingerprint density at radius 3 is 2.36 bits per heavy atom. The zero-order valence-corrected chi connectivity index (χ0v) is 7.29. The molecule has 0 fully saturated rings. The quantitative estimate of drug-likeness (QED) is 0.599. The summed E-state index contributed by atoms with van der Waals surface area (Å²) in [6.07, 6.45) is 0.488. The highest BCUT2D eigenvalue weighted by Gasteiger charge is 2.05. The van der Waals surface area contributed by atoms with Gasteiger partial charge in [-0.1, -0.05) is 0 Å². The highest BCUT2D eigenvalue weighted by Crippen LogP contribution is 2.01. The van der Waals surface area contributed by atoms with Crippen LogP contribution in [0.5, 0.6) is 0 Å². The molecule has 0 aliphatic heterocycles. The van der Waals surface area contributed by atoms with Crippen molar-refractivity contribution in [1.29, 1.82) is 0 Å². The average Bonchev–Trinajstić information content (AvgIpc) is 1.97. The Hall–Kier alpha value is -0.120. The molecule has 0 aromatic carbocycles. The summed E-state index contributed by atoms with van der Waals surface area (Å²) in [5.41, 5.74) is 0. The molecule has 0 radical (unpaired) electrons. The predicted octanol–water partition coefficient (Wildman–Crippen LogP) is 0.545. The van der Waals surface area contributed by atoms with Gasteiger partial charge in [-0.05, 0) is 26.7 Å². The first kappa shape index (κ1) is 10.9. The van der Waals surface area contributed by atoms with Gasteiger partial charge in [0.15, 0.2) is 0 Å². The number of ether oxygens (including phenoxy) is 1. The van der Waals surface area contributed by atoms with Gasteiger partial charge < -0.3 is 14.9 Å². The van der Waals surface area contributed by atoms with Crippen LogP contribution >= 0.6 is 0 Å².